The van der Waals surface area contributed by atoms with Crippen LogP contribution in [0.4, 0.5) is 0 Å². The van der Waals surface area contributed by atoms with E-state index >= 15 is 0 Å². The molecule has 0 saturated heterocycles. The van der Waals surface area contributed by atoms with Gasteiger partial charge in [0.15, 0.2) is 0 Å². The lowest BCUT2D eigenvalue weighted by atomic mass is 10.1. The highest BCUT2D eigenvalue weighted by Gasteiger charge is 2.00. The molecule has 5 N–H and O–H groups in total. The largest absolute Gasteiger partial charge is 0.356 e. The fourth-order valence-electron chi connectivity index (χ4n) is 2.08. The Morgan fingerprint density at radius 2 is 1.16 bits per heavy atom. The van der Waals surface area contributed by atoms with Crippen molar-refractivity contribution >= 4 is 5.91 Å². The van der Waals surface area contributed by atoms with Crippen LogP contribution in [0, 0.1) is 0 Å². The van der Waals surface area contributed by atoms with E-state index in [1.807, 2.05) is 0 Å². The molecular formula is C15H33N3O. The monoisotopic (exact) mass is 271 g/mol. The van der Waals surface area contributed by atoms with Crippen LogP contribution in [0.1, 0.15) is 70.6 Å². The molecule has 0 aromatic carbocycles. The van der Waals surface area contributed by atoms with Gasteiger partial charge < -0.3 is 16.8 Å². The highest BCUT2D eigenvalue weighted by atomic mass is 16.1. The van der Waals surface area contributed by atoms with E-state index in [1.54, 1.807) is 0 Å². The lowest BCUT2D eigenvalue weighted by Crippen LogP contribution is -2.23. The summed E-state index contributed by atoms with van der Waals surface area (Å²) in [6.07, 6.45) is 12.2. The molecule has 4 nitrogen and oxygen atoms in total. The Morgan fingerprint density at radius 3 is 1.74 bits per heavy atom. The van der Waals surface area contributed by atoms with Crippen molar-refractivity contribution in [2.45, 2.75) is 70.6 Å². The lowest BCUT2D eigenvalue weighted by Gasteiger charge is -2.05. The van der Waals surface area contributed by atoms with E-state index in [4.69, 9.17) is 11.5 Å². The van der Waals surface area contributed by atoms with Crippen LogP contribution in [-0.2, 0) is 4.79 Å². The van der Waals surface area contributed by atoms with E-state index in [0.29, 0.717) is 6.42 Å². The molecule has 0 aliphatic carbocycles. The Morgan fingerprint density at radius 1 is 0.684 bits per heavy atom. The second-order valence-electron chi connectivity index (χ2n) is 5.21. The Labute approximate surface area is 118 Å². The van der Waals surface area contributed by atoms with Crippen molar-refractivity contribution in [1.29, 1.82) is 0 Å². The summed E-state index contributed by atoms with van der Waals surface area (Å²) in [5, 5.41) is 2.99. The van der Waals surface area contributed by atoms with Gasteiger partial charge in [0.05, 0.1) is 0 Å². The summed E-state index contributed by atoms with van der Waals surface area (Å²) in [5.41, 5.74) is 10.9. The van der Waals surface area contributed by atoms with Crippen molar-refractivity contribution in [3.63, 3.8) is 0 Å². The number of carbonyl (C=O) groups excluding carboxylic acids is 1. The third kappa shape index (κ3) is 15.3. The van der Waals surface area contributed by atoms with Crippen molar-refractivity contribution in [3.8, 4) is 0 Å². The van der Waals surface area contributed by atoms with Gasteiger partial charge in [0.1, 0.15) is 0 Å². The van der Waals surface area contributed by atoms with E-state index in [2.05, 4.69) is 5.32 Å². The minimum absolute atomic E-state index is 0.209. The summed E-state index contributed by atoms with van der Waals surface area (Å²) in [6.45, 7) is 2.41. The molecule has 0 aliphatic rings. The third-order valence-electron chi connectivity index (χ3n) is 3.31. The Balaban J connectivity index is 3.13. The zero-order valence-electron chi connectivity index (χ0n) is 12.5. The van der Waals surface area contributed by atoms with Crippen LogP contribution in [0.2, 0.25) is 0 Å². The first-order valence-corrected chi connectivity index (χ1v) is 7.98. The molecule has 0 radical (unpaired) electrons. The summed E-state index contributed by atoms with van der Waals surface area (Å²) in [5.74, 6) is 0.209. The van der Waals surface area contributed by atoms with Crippen LogP contribution in [0.5, 0.6) is 0 Å². The molecule has 114 valence electrons. The number of hydrogen-bond donors (Lipinski definition) is 3. The minimum Gasteiger partial charge on any atom is -0.356 e. The minimum atomic E-state index is 0.209. The van der Waals surface area contributed by atoms with Crippen molar-refractivity contribution in [1.82, 2.24) is 5.32 Å². The first kappa shape index (κ1) is 18.4. The summed E-state index contributed by atoms with van der Waals surface area (Å²) >= 11 is 0. The van der Waals surface area contributed by atoms with Crippen molar-refractivity contribution in [3.05, 3.63) is 0 Å². The number of carbonyl (C=O) groups is 1. The van der Waals surface area contributed by atoms with E-state index in [9.17, 15) is 4.79 Å². The Kier molecular flexibility index (Phi) is 15.0. The first-order valence-electron chi connectivity index (χ1n) is 7.98. The van der Waals surface area contributed by atoms with Gasteiger partial charge in [0.25, 0.3) is 0 Å². The standard InChI is InChI=1S/C15H33N3O/c16-12-8-4-1-3-7-11-15(19)18-14-10-6-2-5-9-13-17/h1-14,16-17H2,(H,18,19). The Bertz CT molecular complexity index is 198. The molecule has 4 heteroatoms. The van der Waals surface area contributed by atoms with Gasteiger partial charge in [0, 0.05) is 13.0 Å². The average Bonchev–Trinajstić information content (AvgIpc) is 2.41. The van der Waals surface area contributed by atoms with Gasteiger partial charge in [-0.15, -0.1) is 0 Å². The number of hydrogen-bond acceptors (Lipinski definition) is 3. The molecule has 0 atom stereocenters. The zero-order valence-corrected chi connectivity index (χ0v) is 12.5. The van der Waals surface area contributed by atoms with Gasteiger partial charge >= 0.3 is 0 Å². The topological polar surface area (TPSA) is 81.1 Å². The van der Waals surface area contributed by atoms with E-state index in [0.717, 1.165) is 51.7 Å². The molecule has 0 unspecified atom stereocenters. The molecule has 0 aromatic rings. The molecule has 0 rings (SSSR count). The molecular weight excluding hydrogens is 238 g/mol. The third-order valence-corrected chi connectivity index (χ3v) is 3.31. The fourth-order valence-corrected chi connectivity index (χ4v) is 2.08. The van der Waals surface area contributed by atoms with Gasteiger partial charge in [0.2, 0.25) is 5.91 Å². The second kappa shape index (κ2) is 15.4. The van der Waals surface area contributed by atoms with Gasteiger partial charge in [-0.1, -0.05) is 38.5 Å². The van der Waals surface area contributed by atoms with Crippen molar-refractivity contribution in [2.24, 2.45) is 11.5 Å². The van der Waals surface area contributed by atoms with Crippen LogP contribution in [0.3, 0.4) is 0 Å². The van der Waals surface area contributed by atoms with Crippen LogP contribution >= 0.6 is 0 Å². The molecule has 0 heterocycles. The normalized spacial score (nSPS) is 10.6. The number of nitrogens with one attached hydrogen (secondary N) is 1. The number of nitrogens with two attached hydrogens (primary N) is 2. The maximum absolute atomic E-state index is 11.5. The van der Waals surface area contributed by atoms with E-state index < -0.39 is 0 Å². The van der Waals surface area contributed by atoms with Gasteiger partial charge in [-0.05, 0) is 38.8 Å². The molecule has 0 aromatic heterocycles. The zero-order chi connectivity index (χ0) is 14.2. The first-order chi connectivity index (χ1) is 9.31. The van der Waals surface area contributed by atoms with Crippen LogP contribution in [0.15, 0.2) is 0 Å². The molecule has 0 saturated carbocycles. The molecule has 1 amide bonds. The fraction of sp³-hybridized carbons (Fsp3) is 0.933. The highest BCUT2D eigenvalue weighted by Crippen LogP contribution is 2.05. The SMILES string of the molecule is NCCCCCCCNC(=O)CCCCCCCN. The predicted molar refractivity (Wildman–Crippen MR) is 81.9 cm³/mol. The van der Waals surface area contributed by atoms with E-state index in [1.165, 1.54) is 32.1 Å². The number of rotatable bonds is 14. The van der Waals surface area contributed by atoms with Gasteiger partial charge in [-0.25, -0.2) is 0 Å². The molecule has 19 heavy (non-hydrogen) atoms. The van der Waals surface area contributed by atoms with Crippen LogP contribution in [0.25, 0.3) is 0 Å². The molecule has 0 aliphatic heterocycles. The van der Waals surface area contributed by atoms with Crippen LogP contribution in [-0.4, -0.2) is 25.5 Å². The summed E-state index contributed by atoms with van der Waals surface area (Å²) < 4.78 is 0. The quantitative estimate of drug-likeness (QED) is 0.424. The summed E-state index contributed by atoms with van der Waals surface area (Å²) in [4.78, 5) is 11.5. The molecule has 0 fully saturated rings. The lowest BCUT2D eigenvalue weighted by molar-refractivity contribution is -0.121. The van der Waals surface area contributed by atoms with Gasteiger partial charge in [-0.2, -0.15) is 0 Å². The highest BCUT2D eigenvalue weighted by molar-refractivity contribution is 5.75. The second-order valence-corrected chi connectivity index (χ2v) is 5.21. The summed E-state index contributed by atoms with van der Waals surface area (Å²) in [7, 11) is 0. The molecule has 0 spiro atoms. The van der Waals surface area contributed by atoms with Crippen LogP contribution < -0.4 is 16.8 Å². The maximum atomic E-state index is 11.5. The Hall–Kier alpha value is -0.610. The van der Waals surface area contributed by atoms with Crippen molar-refractivity contribution < 1.29 is 4.79 Å². The predicted octanol–water partition coefficient (Wildman–Crippen LogP) is 2.31. The average molecular weight is 271 g/mol. The number of unbranched alkanes of at least 4 members (excludes halogenated alkanes) is 8. The van der Waals surface area contributed by atoms with E-state index in [-0.39, 0.29) is 5.91 Å². The smallest absolute Gasteiger partial charge is 0.219 e. The van der Waals surface area contributed by atoms with Gasteiger partial charge in [-0.3, -0.25) is 4.79 Å². The molecule has 0 bridgehead atoms. The summed E-state index contributed by atoms with van der Waals surface area (Å²) in [6, 6.07) is 0. The number of amides is 1. The maximum Gasteiger partial charge on any atom is 0.219 e. The van der Waals surface area contributed by atoms with Crippen molar-refractivity contribution in [2.75, 3.05) is 19.6 Å².